The third-order valence-electron chi connectivity index (χ3n) is 5.90. The Bertz CT molecular complexity index is 1060. The summed E-state index contributed by atoms with van der Waals surface area (Å²) >= 11 is 0. The monoisotopic (exact) mass is 410 g/mol. The van der Waals surface area contributed by atoms with Crippen LogP contribution in [0.3, 0.4) is 0 Å². The normalized spacial score (nSPS) is 18.4. The Morgan fingerprint density at radius 1 is 1.13 bits per heavy atom. The number of hydrogen-bond donors (Lipinski definition) is 1. The molecule has 1 fully saturated rings. The van der Waals surface area contributed by atoms with E-state index < -0.39 is 5.41 Å². The molecule has 0 spiro atoms. The maximum atomic E-state index is 13.3. The number of pyridine rings is 2. The summed E-state index contributed by atoms with van der Waals surface area (Å²) in [5.41, 5.74) is 3.79. The van der Waals surface area contributed by atoms with Crippen molar-refractivity contribution >= 4 is 5.91 Å². The molecule has 5 nitrogen and oxygen atoms in total. The molecule has 5 heteroatoms. The van der Waals surface area contributed by atoms with Crippen molar-refractivity contribution in [1.82, 2.24) is 20.2 Å². The van der Waals surface area contributed by atoms with Crippen LogP contribution >= 0.6 is 0 Å². The van der Waals surface area contributed by atoms with Gasteiger partial charge in [-0.2, -0.15) is 0 Å². The molecule has 1 aromatic carbocycles. The summed E-state index contributed by atoms with van der Waals surface area (Å²) < 4.78 is 0. The molecule has 31 heavy (non-hydrogen) atoms. The first kappa shape index (κ1) is 20.8. The Morgan fingerprint density at radius 2 is 2.00 bits per heavy atom. The van der Waals surface area contributed by atoms with Crippen LogP contribution in [0, 0.1) is 17.8 Å². The molecule has 2 aromatic heterocycles. The van der Waals surface area contributed by atoms with E-state index in [0.29, 0.717) is 13.0 Å². The molecule has 0 bridgehead atoms. The second-order valence-corrected chi connectivity index (χ2v) is 8.02. The minimum Gasteiger partial charge on any atom is -0.345 e. The lowest BCUT2D eigenvalue weighted by Gasteiger charge is -2.29. The molecule has 0 unspecified atom stereocenters. The van der Waals surface area contributed by atoms with Crippen molar-refractivity contribution in [2.24, 2.45) is 5.41 Å². The molecule has 0 saturated carbocycles. The lowest BCUT2D eigenvalue weighted by Crippen LogP contribution is -2.44. The summed E-state index contributed by atoms with van der Waals surface area (Å²) in [5.74, 6) is 2.55. The van der Waals surface area contributed by atoms with Gasteiger partial charge in [0, 0.05) is 37.2 Å². The first-order valence-corrected chi connectivity index (χ1v) is 10.5. The van der Waals surface area contributed by atoms with Crippen molar-refractivity contribution in [3.8, 4) is 23.5 Å². The Kier molecular flexibility index (Phi) is 6.40. The molecule has 1 amide bonds. The Balaban J connectivity index is 1.61. The van der Waals surface area contributed by atoms with Gasteiger partial charge in [0.25, 0.3) is 0 Å². The van der Waals surface area contributed by atoms with Crippen LogP contribution in [0.25, 0.3) is 11.1 Å². The Morgan fingerprint density at radius 3 is 2.77 bits per heavy atom. The van der Waals surface area contributed by atoms with Gasteiger partial charge in [-0.1, -0.05) is 42.3 Å². The van der Waals surface area contributed by atoms with E-state index in [-0.39, 0.29) is 12.5 Å². The largest absolute Gasteiger partial charge is 0.345 e. The number of carbonyl (C=O) groups is 1. The van der Waals surface area contributed by atoms with Crippen LogP contribution in [0.2, 0.25) is 0 Å². The number of carbonyl (C=O) groups excluding carboxylic acids is 1. The molecule has 1 aliphatic rings. The average Bonchev–Trinajstić information content (AvgIpc) is 3.22. The van der Waals surface area contributed by atoms with E-state index in [4.69, 9.17) is 6.42 Å². The molecule has 156 valence electrons. The van der Waals surface area contributed by atoms with Gasteiger partial charge < -0.3 is 5.32 Å². The number of likely N-dealkylation sites (tertiary alicyclic amines) is 1. The lowest BCUT2D eigenvalue weighted by molar-refractivity contribution is -0.130. The summed E-state index contributed by atoms with van der Waals surface area (Å²) in [6, 6.07) is 18.2. The highest BCUT2D eigenvalue weighted by molar-refractivity contribution is 5.84. The minimum absolute atomic E-state index is 0.0231. The van der Waals surface area contributed by atoms with Crippen molar-refractivity contribution in [1.29, 1.82) is 0 Å². The Hall–Kier alpha value is -3.49. The van der Waals surface area contributed by atoms with E-state index in [1.807, 2.05) is 48.8 Å². The van der Waals surface area contributed by atoms with Gasteiger partial charge in [-0.25, -0.2) is 0 Å². The second-order valence-electron chi connectivity index (χ2n) is 8.02. The van der Waals surface area contributed by atoms with Crippen LogP contribution in [0.4, 0.5) is 0 Å². The van der Waals surface area contributed by atoms with E-state index in [2.05, 4.69) is 44.3 Å². The summed E-state index contributed by atoms with van der Waals surface area (Å²) in [6.07, 6.45) is 12.3. The van der Waals surface area contributed by atoms with Gasteiger partial charge in [0.1, 0.15) is 0 Å². The number of aromatic nitrogens is 2. The average molecular weight is 411 g/mol. The summed E-state index contributed by atoms with van der Waals surface area (Å²) in [5, 5.41) is 2.95. The third kappa shape index (κ3) is 4.82. The summed E-state index contributed by atoms with van der Waals surface area (Å²) in [4.78, 5) is 24.3. The predicted molar refractivity (Wildman–Crippen MR) is 122 cm³/mol. The minimum atomic E-state index is -0.538. The number of rotatable bonds is 7. The molecule has 0 radical (unpaired) electrons. The molecule has 1 aliphatic heterocycles. The van der Waals surface area contributed by atoms with Crippen LogP contribution in [-0.4, -0.2) is 40.4 Å². The number of nitrogens with one attached hydrogen (secondary N) is 1. The highest BCUT2D eigenvalue weighted by atomic mass is 16.2. The molecule has 1 saturated heterocycles. The van der Waals surface area contributed by atoms with Crippen molar-refractivity contribution < 1.29 is 4.79 Å². The van der Waals surface area contributed by atoms with Crippen molar-refractivity contribution in [3.05, 3.63) is 84.4 Å². The van der Waals surface area contributed by atoms with Crippen LogP contribution in [0.1, 0.15) is 17.7 Å². The van der Waals surface area contributed by atoms with E-state index in [1.54, 1.807) is 6.20 Å². The molecule has 0 aliphatic carbocycles. The maximum absolute atomic E-state index is 13.3. The van der Waals surface area contributed by atoms with Crippen molar-refractivity contribution in [2.75, 3.05) is 19.6 Å². The first-order chi connectivity index (χ1) is 15.2. The zero-order valence-corrected chi connectivity index (χ0v) is 17.5. The maximum Gasteiger partial charge on any atom is 0.228 e. The van der Waals surface area contributed by atoms with Gasteiger partial charge in [-0.15, -0.1) is 6.42 Å². The topological polar surface area (TPSA) is 58.1 Å². The summed E-state index contributed by atoms with van der Waals surface area (Å²) in [6.45, 7) is 2.48. The highest BCUT2D eigenvalue weighted by Gasteiger charge is 2.44. The molecule has 4 rings (SSSR count). The van der Waals surface area contributed by atoms with Gasteiger partial charge in [0.05, 0.1) is 17.7 Å². The fourth-order valence-corrected chi connectivity index (χ4v) is 4.39. The molecule has 3 aromatic rings. The van der Waals surface area contributed by atoms with Gasteiger partial charge in [0.2, 0.25) is 5.91 Å². The van der Waals surface area contributed by atoms with E-state index in [0.717, 1.165) is 41.9 Å². The molecule has 1 atom stereocenters. The SMILES string of the molecule is C#CCNC(=O)[C@@]1(Cc2ccccc2-c2cccnc2)CCN(Cc2ccccn2)C1. The van der Waals surface area contributed by atoms with Gasteiger partial charge in [-0.3, -0.25) is 19.7 Å². The number of nitrogens with zero attached hydrogens (tertiary/aromatic N) is 3. The number of amides is 1. The fourth-order valence-electron chi connectivity index (χ4n) is 4.39. The van der Waals surface area contributed by atoms with Gasteiger partial charge in [0.15, 0.2) is 0 Å². The van der Waals surface area contributed by atoms with Crippen LogP contribution in [-0.2, 0) is 17.8 Å². The first-order valence-electron chi connectivity index (χ1n) is 10.5. The van der Waals surface area contributed by atoms with Crippen molar-refractivity contribution in [2.45, 2.75) is 19.4 Å². The zero-order chi connectivity index (χ0) is 21.5. The van der Waals surface area contributed by atoms with Gasteiger partial charge >= 0.3 is 0 Å². The van der Waals surface area contributed by atoms with E-state index in [9.17, 15) is 4.79 Å². The van der Waals surface area contributed by atoms with Gasteiger partial charge in [-0.05, 0) is 48.7 Å². The van der Waals surface area contributed by atoms with Crippen LogP contribution < -0.4 is 5.32 Å². The molecular formula is C26H26N4O. The fraction of sp³-hybridized carbons (Fsp3) is 0.269. The zero-order valence-electron chi connectivity index (χ0n) is 17.5. The van der Waals surface area contributed by atoms with Crippen LogP contribution in [0.15, 0.2) is 73.2 Å². The quantitative estimate of drug-likeness (QED) is 0.607. The standard InChI is InChI=1S/C26H26N4O/c1-2-13-29-25(31)26(12-16-30(20-26)19-23-10-5-6-15-28-23)17-21-8-3-4-11-24(21)22-9-7-14-27-18-22/h1,3-11,14-15,18H,12-13,16-17,19-20H2,(H,29,31)/t26-/m1/s1. The van der Waals surface area contributed by atoms with E-state index >= 15 is 0 Å². The third-order valence-corrected chi connectivity index (χ3v) is 5.90. The molecule has 1 N–H and O–H groups in total. The molecule has 3 heterocycles. The predicted octanol–water partition coefficient (Wildman–Crippen LogP) is 3.33. The number of terminal acetylenes is 1. The number of benzene rings is 1. The number of hydrogen-bond acceptors (Lipinski definition) is 4. The van der Waals surface area contributed by atoms with Crippen molar-refractivity contribution in [3.63, 3.8) is 0 Å². The highest BCUT2D eigenvalue weighted by Crippen LogP contribution is 2.38. The smallest absolute Gasteiger partial charge is 0.228 e. The van der Waals surface area contributed by atoms with E-state index in [1.165, 1.54) is 0 Å². The summed E-state index contributed by atoms with van der Waals surface area (Å²) in [7, 11) is 0. The Labute approximate surface area is 183 Å². The molecular weight excluding hydrogens is 384 g/mol. The van der Waals surface area contributed by atoms with Crippen LogP contribution in [0.5, 0.6) is 0 Å². The lowest BCUT2D eigenvalue weighted by atomic mass is 9.78. The second kappa shape index (κ2) is 9.55.